The molecule has 0 spiro atoms. The highest BCUT2D eigenvalue weighted by molar-refractivity contribution is 6.37. The summed E-state index contributed by atoms with van der Waals surface area (Å²) in [4.78, 5) is 0. The number of nitrogens with zero attached hydrogens (tertiary/aromatic N) is 2. The van der Waals surface area contributed by atoms with Crippen LogP contribution in [0.2, 0.25) is 10.0 Å². The maximum absolute atomic E-state index is 12.7. The summed E-state index contributed by atoms with van der Waals surface area (Å²) in [5.74, 6) is 0. The number of alkyl halides is 3. The smallest absolute Gasteiger partial charge is 0.390 e. The van der Waals surface area contributed by atoms with E-state index in [2.05, 4.69) is 5.10 Å². The first-order chi connectivity index (χ1) is 10.2. The molecule has 1 aromatic carbocycles. The summed E-state index contributed by atoms with van der Waals surface area (Å²) in [6.07, 6.45) is -4.95. The molecule has 2 N–H and O–H groups in total. The number of benzene rings is 1. The molecule has 1 aliphatic rings. The standard InChI is InChI=1S/C13H9Cl2F3N2O2/c14-7-2-6(13(16,17)18)3-8(15)11(7)20-4-5-1-9(21)12(22)10(5)19-20/h2-4,9,12,21-22H,1H2/t9-,12-/m0/s1. The lowest BCUT2D eigenvalue weighted by atomic mass is 10.2. The molecule has 1 aromatic heterocycles. The summed E-state index contributed by atoms with van der Waals surface area (Å²) < 4.78 is 39.3. The van der Waals surface area contributed by atoms with Crippen molar-refractivity contribution in [3.8, 4) is 5.69 Å². The van der Waals surface area contributed by atoms with Gasteiger partial charge in [-0.1, -0.05) is 23.2 Å². The van der Waals surface area contributed by atoms with Crippen molar-refractivity contribution in [2.75, 3.05) is 0 Å². The molecule has 0 saturated carbocycles. The Balaban J connectivity index is 2.07. The van der Waals surface area contributed by atoms with Crippen LogP contribution in [0.5, 0.6) is 0 Å². The van der Waals surface area contributed by atoms with Gasteiger partial charge in [0.15, 0.2) is 0 Å². The maximum Gasteiger partial charge on any atom is 0.416 e. The third kappa shape index (κ3) is 2.48. The van der Waals surface area contributed by atoms with Crippen LogP contribution >= 0.6 is 23.2 Å². The number of halogens is 5. The fourth-order valence-corrected chi connectivity index (χ4v) is 3.07. The number of rotatable bonds is 1. The normalized spacial score (nSPS) is 21.2. The van der Waals surface area contributed by atoms with Gasteiger partial charge >= 0.3 is 6.18 Å². The molecule has 1 aliphatic carbocycles. The average molecular weight is 353 g/mol. The molecule has 2 aromatic rings. The molecule has 0 amide bonds. The van der Waals surface area contributed by atoms with E-state index in [-0.39, 0.29) is 27.8 Å². The van der Waals surface area contributed by atoms with E-state index < -0.39 is 23.9 Å². The van der Waals surface area contributed by atoms with Crippen LogP contribution in [-0.2, 0) is 12.6 Å². The number of hydrogen-bond acceptors (Lipinski definition) is 3. The highest BCUT2D eigenvalue weighted by Crippen LogP contribution is 2.38. The Labute approximate surface area is 132 Å². The first kappa shape index (κ1) is 15.6. The third-order valence-corrected chi connectivity index (χ3v) is 4.05. The minimum atomic E-state index is -4.56. The molecule has 2 atom stereocenters. The van der Waals surface area contributed by atoms with Crippen LogP contribution in [0.4, 0.5) is 13.2 Å². The van der Waals surface area contributed by atoms with E-state index in [1.165, 1.54) is 10.9 Å². The summed E-state index contributed by atoms with van der Waals surface area (Å²) in [7, 11) is 0. The first-order valence-corrected chi connectivity index (χ1v) is 6.95. The zero-order valence-electron chi connectivity index (χ0n) is 10.8. The highest BCUT2D eigenvalue weighted by atomic mass is 35.5. The van der Waals surface area contributed by atoms with Crippen LogP contribution in [-0.4, -0.2) is 26.1 Å². The summed E-state index contributed by atoms with van der Waals surface area (Å²) in [6.45, 7) is 0. The van der Waals surface area contributed by atoms with Crippen LogP contribution in [0.25, 0.3) is 5.69 Å². The molecule has 0 unspecified atom stereocenters. The first-order valence-electron chi connectivity index (χ1n) is 6.19. The Bertz CT molecular complexity index is 722. The minimum absolute atomic E-state index is 0.0902. The molecule has 118 valence electrons. The van der Waals surface area contributed by atoms with Gasteiger partial charge in [-0.2, -0.15) is 18.3 Å². The lowest BCUT2D eigenvalue weighted by molar-refractivity contribution is -0.137. The van der Waals surface area contributed by atoms with Gasteiger partial charge in [0.05, 0.1) is 27.4 Å². The van der Waals surface area contributed by atoms with Gasteiger partial charge < -0.3 is 10.2 Å². The Hall–Kier alpha value is -1.28. The fourth-order valence-electron chi connectivity index (χ4n) is 2.41. The van der Waals surface area contributed by atoms with Crippen LogP contribution in [0.15, 0.2) is 18.3 Å². The second kappa shape index (κ2) is 5.13. The van der Waals surface area contributed by atoms with Crippen molar-refractivity contribution in [2.45, 2.75) is 24.8 Å². The molecule has 9 heteroatoms. The van der Waals surface area contributed by atoms with Gasteiger partial charge in [-0.3, -0.25) is 0 Å². The zero-order chi connectivity index (χ0) is 16.2. The second-order valence-corrected chi connectivity index (χ2v) is 5.80. The Kier molecular flexibility index (Phi) is 3.64. The van der Waals surface area contributed by atoms with Crippen molar-refractivity contribution in [3.05, 3.63) is 45.2 Å². The molecule has 3 rings (SSSR count). The fraction of sp³-hybridized carbons (Fsp3) is 0.308. The number of aliphatic hydroxyl groups excluding tert-OH is 2. The van der Waals surface area contributed by atoms with Gasteiger partial charge in [0.25, 0.3) is 0 Å². The van der Waals surface area contributed by atoms with Crippen molar-refractivity contribution in [1.82, 2.24) is 9.78 Å². The summed E-state index contributed by atoms with van der Waals surface area (Å²) in [6, 6.07) is 1.53. The van der Waals surface area contributed by atoms with Crippen molar-refractivity contribution in [3.63, 3.8) is 0 Å². The Morgan fingerprint density at radius 1 is 1.18 bits per heavy atom. The minimum Gasteiger partial charge on any atom is -0.390 e. The number of aliphatic hydroxyl groups is 2. The van der Waals surface area contributed by atoms with E-state index in [0.29, 0.717) is 5.56 Å². The largest absolute Gasteiger partial charge is 0.416 e. The van der Waals surface area contributed by atoms with E-state index in [4.69, 9.17) is 23.2 Å². The van der Waals surface area contributed by atoms with Gasteiger partial charge in [-0.05, 0) is 17.7 Å². The van der Waals surface area contributed by atoms with E-state index in [9.17, 15) is 23.4 Å². The van der Waals surface area contributed by atoms with Crippen molar-refractivity contribution >= 4 is 23.2 Å². The molecule has 0 radical (unpaired) electrons. The molecule has 0 bridgehead atoms. The zero-order valence-corrected chi connectivity index (χ0v) is 12.3. The van der Waals surface area contributed by atoms with Gasteiger partial charge in [0.2, 0.25) is 0 Å². The van der Waals surface area contributed by atoms with E-state index in [1.54, 1.807) is 0 Å². The van der Waals surface area contributed by atoms with Gasteiger partial charge in [-0.15, -0.1) is 0 Å². The molecule has 22 heavy (non-hydrogen) atoms. The summed E-state index contributed by atoms with van der Waals surface area (Å²) >= 11 is 11.8. The number of aromatic nitrogens is 2. The van der Waals surface area contributed by atoms with Crippen LogP contribution in [0.1, 0.15) is 22.9 Å². The average Bonchev–Trinajstić information content (AvgIpc) is 2.89. The Morgan fingerprint density at radius 3 is 2.27 bits per heavy atom. The number of hydrogen-bond donors (Lipinski definition) is 2. The molecule has 0 aliphatic heterocycles. The molecule has 1 heterocycles. The van der Waals surface area contributed by atoms with Gasteiger partial charge in [-0.25, -0.2) is 4.68 Å². The topological polar surface area (TPSA) is 58.3 Å². The van der Waals surface area contributed by atoms with E-state index in [1.807, 2.05) is 0 Å². The summed E-state index contributed by atoms with van der Waals surface area (Å²) in [5.41, 5.74) is -0.0135. The number of fused-ring (bicyclic) bond motifs is 1. The third-order valence-electron chi connectivity index (χ3n) is 3.47. The Morgan fingerprint density at radius 2 is 1.77 bits per heavy atom. The van der Waals surface area contributed by atoms with E-state index in [0.717, 1.165) is 12.1 Å². The molecular weight excluding hydrogens is 344 g/mol. The SMILES string of the molecule is O[C@@H]1c2nn(-c3c(Cl)cc(C(F)(F)F)cc3Cl)cc2C[C@@H]1O. The molecule has 0 saturated heterocycles. The maximum atomic E-state index is 12.7. The molecular formula is C13H9Cl2F3N2O2. The van der Waals surface area contributed by atoms with Crippen LogP contribution in [0, 0.1) is 0 Å². The van der Waals surface area contributed by atoms with Crippen LogP contribution in [0.3, 0.4) is 0 Å². The van der Waals surface area contributed by atoms with E-state index >= 15 is 0 Å². The lowest BCUT2D eigenvalue weighted by Crippen LogP contribution is -2.14. The second-order valence-electron chi connectivity index (χ2n) is 4.99. The van der Waals surface area contributed by atoms with Crippen molar-refractivity contribution in [2.24, 2.45) is 0 Å². The van der Waals surface area contributed by atoms with Crippen molar-refractivity contribution in [1.29, 1.82) is 0 Å². The monoisotopic (exact) mass is 352 g/mol. The highest BCUT2D eigenvalue weighted by Gasteiger charge is 2.35. The summed E-state index contributed by atoms with van der Waals surface area (Å²) in [5, 5.41) is 22.9. The van der Waals surface area contributed by atoms with Gasteiger partial charge in [0.1, 0.15) is 11.8 Å². The van der Waals surface area contributed by atoms with Gasteiger partial charge in [0, 0.05) is 12.6 Å². The van der Waals surface area contributed by atoms with Crippen molar-refractivity contribution < 1.29 is 23.4 Å². The predicted octanol–water partition coefficient (Wildman–Crippen LogP) is 3.15. The van der Waals surface area contributed by atoms with Crippen LogP contribution < -0.4 is 0 Å². The lowest BCUT2D eigenvalue weighted by Gasteiger charge is -2.13. The predicted molar refractivity (Wildman–Crippen MR) is 73.3 cm³/mol. The molecule has 0 fully saturated rings. The quantitative estimate of drug-likeness (QED) is 0.828. The molecule has 4 nitrogen and oxygen atoms in total.